The molecule has 1 aromatic rings. The lowest BCUT2D eigenvalue weighted by Crippen LogP contribution is -2.28. The van der Waals surface area contributed by atoms with Crippen molar-refractivity contribution in [2.45, 2.75) is 18.2 Å². The van der Waals surface area contributed by atoms with E-state index in [2.05, 4.69) is 20.7 Å². The maximum Gasteiger partial charge on any atom is 0.240 e. The highest BCUT2D eigenvalue weighted by atomic mass is 79.9. The first kappa shape index (κ1) is 15.4. The van der Waals surface area contributed by atoms with E-state index in [0.29, 0.717) is 23.1 Å². The van der Waals surface area contributed by atoms with Crippen LogP contribution in [0.4, 0.5) is 5.69 Å². The van der Waals surface area contributed by atoms with Gasteiger partial charge >= 0.3 is 0 Å². The van der Waals surface area contributed by atoms with Crippen molar-refractivity contribution in [1.29, 1.82) is 0 Å². The summed E-state index contributed by atoms with van der Waals surface area (Å²) in [6.45, 7) is 2.22. The van der Waals surface area contributed by atoms with Crippen LogP contribution in [0.25, 0.3) is 0 Å². The van der Waals surface area contributed by atoms with Crippen LogP contribution >= 0.6 is 15.9 Å². The average Bonchev–Trinajstić information content (AvgIpc) is 2.30. The number of halogens is 1. The normalized spacial score (nSPS) is 13.5. The lowest BCUT2D eigenvalue weighted by Gasteiger charge is -2.12. The van der Waals surface area contributed by atoms with E-state index in [-0.39, 0.29) is 17.4 Å². The SMILES string of the molecule is CC(CCO)CNS(=O)(=O)c1ccc(N)c(Br)c1. The third-order valence-electron chi connectivity index (χ3n) is 2.53. The van der Waals surface area contributed by atoms with Gasteiger partial charge in [-0.1, -0.05) is 6.92 Å². The van der Waals surface area contributed by atoms with Crippen molar-refractivity contribution < 1.29 is 13.5 Å². The van der Waals surface area contributed by atoms with Gasteiger partial charge in [0.2, 0.25) is 10.0 Å². The standard InChI is InChI=1S/C11H17BrN2O3S/c1-8(4-5-15)7-14-18(16,17)9-2-3-11(13)10(12)6-9/h2-3,6,8,14-15H,4-5,7,13H2,1H3. The van der Waals surface area contributed by atoms with Crippen molar-refractivity contribution in [1.82, 2.24) is 4.72 Å². The molecule has 102 valence electrons. The molecule has 0 saturated heterocycles. The summed E-state index contributed by atoms with van der Waals surface area (Å²) in [5.41, 5.74) is 6.09. The van der Waals surface area contributed by atoms with Crippen molar-refractivity contribution in [3.8, 4) is 0 Å². The Balaban J connectivity index is 2.77. The zero-order chi connectivity index (χ0) is 13.8. The molecular formula is C11H17BrN2O3S. The van der Waals surface area contributed by atoms with Crippen molar-refractivity contribution >= 4 is 31.6 Å². The highest BCUT2D eigenvalue weighted by Gasteiger charge is 2.15. The second kappa shape index (κ2) is 6.51. The zero-order valence-corrected chi connectivity index (χ0v) is 12.5. The summed E-state index contributed by atoms with van der Waals surface area (Å²) in [4.78, 5) is 0.166. The Morgan fingerprint density at radius 1 is 1.50 bits per heavy atom. The molecule has 0 aliphatic heterocycles. The summed E-state index contributed by atoms with van der Waals surface area (Å²) in [5, 5.41) is 8.75. The number of anilines is 1. The number of aliphatic hydroxyl groups is 1. The Morgan fingerprint density at radius 2 is 2.17 bits per heavy atom. The molecule has 1 unspecified atom stereocenters. The first-order valence-electron chi connectivity index (χ1n) is 5.52. The quantitative estimate of drug-likeness (QED) is 0.683. The minimum atomic E-state index is -3.53. The number of nitrogens with one attached hydrogen (secondary N) is 1. The molecule has 0 amide bonds. The topological polar surface area (TPSA) is 92.4 Å². The van der Waals surface area contributed by atoms with Gasteiger partial charge < -0.3 is 10.8 Å². The molecule has 0 aromatic heterocycles. The number of nitrogens with two attached hydrogens (primary N) is 1. The third kappa shape index (κ3) is 4.24. The molecule has 0 aliphatic rings. The Labute approximate surface area is 116 Å². The lowest BCUT2D eigenvalue weighted by molar-refractivity contribution is 0.263. The van der Waals surface area contributed by atoms with Crippen molar-refractivity contribution in [2.24, 2.45) is 5.92 Å². The van der Waals surface area contributed by atoms with Crippen LogP contribution in [0.15, 0.2) is 27.6 Å². The van der Waals surface area contributed by atoms with Gasteiger partial charge in [-0.25, -0.2) is 13.1 Å². The number of benzene rings is 1. The largest absolute Gasteiger partial charge is 0.398 e. The molecule has 1 atom stereocenters. The lowest BCUT2D eigenvalue weighted by atomic mass is 10.1. The van der Waals surface area contributed by atoms with Crippen molar-refractivity contribution in [3.63, 3.8) is 0 Å². The van der Waals surface area contributed by atoms with E-state index in [1.54, 1.807) is 0 Å². The molecule has 0 radical (unpaired) electrons. The number of hydrogen-bond acceptors (Lipinski definition) is 4. The summed E-state index contributed by atoms with van der Waals surface area (Å²) in [6.07, 6.45) is 0.563. The minimum absolute atomic E-state index is 0.0519. The van der Waals surface area contributed by atoms with Gasteiger partial charge in [0.05, 0.1) is 4.90 Å². The molecule has 0 heterocycles. The van der Waals surface area contributed by atoms with Gasteiger partial charge in [-0.2, -0.15) is 0 Å². The van der Waals surface area contributed by atoms with Crippen LogP contribution < -0.4 is 10.5 Å². The molecule has 5 nitrogen and oxygen atoms in total. The van der Waals surface area contributed by atoms with Crippen molar-refractivity contribution in [2.75, 3.05) is 18.9 Å². The van der Waals surface area contributed by atoms with Crippen LogP contribution in [-0.4, -0.2) is 26.7 Å². The van der Waals surface area contributed by atoms with Gasteiger partial charge in [-0.05, 0) is 46.5 Å². The van der Waals surface area contributed by atoms with Gasteiger partial charge in [0.15, 0.2) is 0 Å². The molecule has 0 bridgehead atoms. The Kier molecular flexibility index (Phi) is 5.58. The fraction of sp³-hybridized carbons (Fsp3) is 0.455. The smallest absolute Gasteiger partial charge is 0.240 e. The highest BCUT2D eigenvalue weighted by molar-refractivity contribution is 9.10. The molecule has 0 spiro atoms. The molecule has 0 aliphatic carbocycles. The maximum absolute atomic E-state index is 12.0. The van der Waals surface area contributed by atoms with Crippen LogP contribution in [0.3, 0.4) is 0 Å². The predicted molar refractivity (Wildman–Crippen MR) is 74.6 cm³/mol. The number of aliphatic hydroxyl groups excluding tert-OH is 1. The number of sulfonamides is 1. The summed E-state index contributed by atoms with van der Waals surface area (Å²) in [7, 11) is -3.53. The second-order valence-corrected chi connectivity index (χ2v) is 6.77. The first-order valence-corrected chi connectivity index (χ1v) is 7.80. The molecule has 0 saturated carbocycles. The second-order valence-electron chi connectivity index (χ2n) is 4.15. The van der Waals surface area contributed by atoms with Gasteiger partial charge in [-0.15, -0.1) is 0 Å². The zero-order valence-electron chi connectivity index (χ0n) is 10.1. The molecule has 1 rings (SSSR count). The Bertz CT molecular complexity index is 505. The molecule has 7 heteroatoms. The Hall–Kier alpha value is -0.630. The van der Waals surface area contributed by atoms with Gasteiger partial charge in [0.1, 0.15) is 0 Å². The minimum Gasteiger partial charge on any atom is -0.398 e. The van der Waals surface area contributed by atoms with Crippen LogP contribution in [-0.2, 0) is 10.0 Å². The van der Waals surface area contributed by atoms with E-state index in [0.717, 1.165) is 0 Å². The fourth-order valence-electron chi connectivity index (χ4n) is 1.33. The third-order valence-corrected chi connectivity index (χ3v) is 4.63. The number of nitrogen functional groups attached to an aromatic ring is 1. The summed E-state index contributed by atoms with van der Waals surface area (Å²) in [5.74, 6) is 0.0852. The van der Waals surface area contributed by atoms with Gasteiger partial charge in [0.25, 0.3) is 0 Å². The molecule has 4 N–H and O–H groups in total. The first-order chi connectivity index (χ1) is 8.36. The summed E-state index contributed by atoms with van der Waals surface area (Å²) in [6, 6.07) is 4.46. The highest BCUT2D eigenvalue weighted by Crippen LogP contribution is 2.22. The monoisotopic (exact) mass is 336 g/mol. The van der Waals surface area contributed by atoms with E-state index in [1.165, 1.54) is 18.2 Å². The van der Waals surface area contributed by atoms with E-state index in [9.17, 15) is 8.42 Å². The van der Waals surface area contributed by atoms with Gasteiger partial charge in [0, 0.05) is 23.3 Å². The van der Waals surface area contributed by atoms with Crippen LogP contribution in [0.1, 0.15) is 13.3 Å². The Morgan fingerprint density at radius 3 is 2.72 bits per heavy atom. The maximum atomic E-state index is 12.0. The summed E-state index contributed by atoms with van der Waals surface area (Å²) < 4.78 is 27.0. The van der Waals surface area contributed by atoms with E-state index >= 15 is 0 Å². The molecule has 0 fully saturated rings. The number of rotatable bonds is 6. The van der Waals surface area contributed by atoms with Gasteiger partial charge in [-0.3, -0.25) is 0 Å². The molecule has 1 aromatic carbocycles. The molecule has 18 heavy (non-hydrogen) atoms. The van der Waals surface area contributed by atoms with Crippen molar-refractivity contribution in [3.05, 3.63) is 22.7 Å². The molecular weight excluding hydrogens is 320 g/mol. The summed E-state index contributed by atoms with van der Waals surface area (Å²) >= 11 is 3.19. The van der Waals surface area contributed by atoms with Crippen LogP contribution in [0.2, 0.25) is 0 Å². The number of hydrogen-bond donors (Lipinski definition) is 3. The van der Waals surface area contributed by atoms with E-state index in [1.807, 2.05) is 6.92 Å². The van der Waals surface area contributed by atoms with E-state index < -0.39 is 10.0 Å². The van der Waals surface area contributed by atoms with E-state index in [4.69, 9.17) is 10.8 Å². The van der Waals surface area contributed by atoms with Crippen LogP contribution in [0.5, 0.6) is 0 Å². The fourth-order valence-corrected chi connectivity index (χ4v) is 3.05. The average molecular weight is 337 g/mol. The predicted octanol–water partition coefficient (Wildman–Crippen LogP) is 1.33. The van der Waals surface area contributed by atoms with Crippen LogP contribution in [0, 0.1) is 5.92 Å².